The molecule has 162 valence electrons. The number of rotatable bonds is 4. The summed E-state index contributed by atoms with van der Waals surface area (Å²) in [5, 5.41) is 15.3. The Hall–Kier alpha value is -2.93. The number of benzene rings is 2. The van der Waals surface area contributed by atoms with Crippen molar-refractivity contribution < 1.29 is 22.7 Å². The Kier molecular flexibility index (Phi) is 5.04. The van der Waals surface area contributed by atoms with Crippen molar-refractivity contribution >= 4 is 6.08 Å². The first-order valence-corrected chi connectivity index (χ1v) is 9.90. The van der Waals surface area contributed by atoms with Crippen LogP contribution in [0, 0.1) is 11.2 Å². The van der Waals surface area contributed by atoms with Gasteiger partial charge in [-0.25, -0.2) is 9.07 Å². The molecule has 2 aromatic carbocycles. The molecule has 3 nitrogen and oxygen atoms in total. The number of nitrogens with zero attached hydrogens (tertiary/aromatic N) is 2. The van der Waals surface area contributed by atoms with Crippen LogP contribution in [-0.4, -0.2) is 21.1 Å². The first kappa shape index (κ1) is 21.3. The third-order valence-electron chi connectivity index (χ3n) is 6.21. The van der Waals surface area contributed by atoms with E-state index in [0.717, 1.165) is 11.3 Å². The van der Waals surface area contributed by atoms with Gasteiger partial charge in [-0.2, -0.15) is 18.3 Å². The number of alkyl halides is 3. The lowest BCUT2D eigenvalue weighted by Crippen LogP contribution is -2.47. The van der Waals surface area contributed by atoms with Crippen molar-refractivity contribution in [3.8, 4) is 5.69 Å². The van der Waals surface area contributed by atoms with Gasteiger partial charge in [0.1, 0.15) is 5.82 Å². The summed E-state index contributed by atoms with van der Waals surface area (Å²) in [6.07, 6.45) is -1.64. The maximum atomic E-state index is 14.1. The van der Waals surface area contributed by atoms with Gasteiger partial charge >= 0.3 is 6.18 Å². The van der Waals surface area contributed by atoms with Gasteiger partial charge in [0, 0.05) is 0 Å². The lowest BCUT2D eigenvalue weighted by molar-refractivity contribution is -0.275. The molecule has 1 N–H and O–H groups in total. The predicted octanol–water partition coefficient (Wildman–Crippen LogP) is 5.82. The number of fused-ring (bicyclic) bond motifs is 1. The highest BCUT2D eigenvalue weighted by Gasteiger charge is 2.58. The lowest BCUT2D eigenvalue weighted by Gasteiger charge is -2.42. The number of halogens is 4. The molecule has 0 fully saturated rings. The summed E-state index contributed by atoms with van der Waals surface area (Å²) in [6, 6.07) is 13.0. The van der Waals surface area contributed by atoms with E-state index in [1.165, 1.54) is 36.4 Å². The summed E-state index contributed by atoms with van der Waals surface area (Å²) in [4.78, 5) is 0. The maximum absolute atomic E-state index is 14.1. The Labute approximate surface area is 177 Å². The predicted molar refractivity (Wildman–Crippen MR) is 110 cm³/mol. The van der Waals surface area contributed by atoms with Crippen molar-refractivity contribution in [2.75, 3.05) is 0 Å². The number of aromatic nitrogens is 2. The minimum atomic E-state index is -4.84. The van der Waals surface area contributed by atoms with E-state index in [0.29, 0.717) is 11.3 Å². The molecule has 0 saturated carbocycles. The average Bonchev–Trinajstić information content (AvgIpc) is 3.10. The van der Waals surface area contributed by atoms with Gasteiger partial charge in [-0.05, 0) is 66.6 Å². The van der Waals surface area contributed by atoms with E-state index in [-0.39, 0.29) is 17.8 Å². The SMILES string of the molecule is CC1=Cc2c(cnn2-c2ccc(F)cc2)C[C@@]1(C)CC(O)(c1ccccc1)C(F)(F)F. The molecule has 1 heterocycles. The van der Waals surface area contributed by atoms with Crippen LogP contribution in [-0.2, 0) is 12.0 Å². The van der Waals surface area contributed by atoms with E-state index in [2.05, 4.69) is 5.10 Å². The molecule has 3 aromatic rings. The molecule has 4 rings (SSSR count). The summed E-state index contributed by atoms with van der Waals surface area (Å²) in [5.74, 6) is -0.364. The zero-order chi connectivity index (χ0) is 22.4. The van der Waals surface area contributed by atoms with E-state index in [1.807, 2.05) is 0 Å². The van der Waals surface area contributed by atoms with E-state index in [4.69, 9.17) is 0 Å². The highest BCUT2D eigenvalue weighted by Crippen LogP contribution is 2.51. The normalized spacial score (nSPS) is 20.7. The molecule has 0 saturated heterocycles. The van der Waals surface area contributed by atoms with Gasteiger partial charge < -0.3 is 5.11 Å². The van der Waals surface area contributed by atoms with E-state index < -0.39 is 23.6 Å². The second kappa shape index (κ2) is 7.34. The number of hydrogen-bond acceptors (Lipinski definition) is 2. The number of aliphatic hydroxyl groups is 1. The molecule has 1 aliphatic rings. The molecule has 0 amide bonds. The fourth-order valence-electron chi connectivity index (χ4n) is 4.26. The summed E-state index contributed by atoms with van der Waals surface area (Å²) < 4.78 is 57.2. The average molecular weight is 430 g/mol. The molecular weight excluding hydrogens is 408 g/mol. The monoisotopic (exact) mass is 430 g/mol. The molecule has 1 aliphatic carbocycles. The minimum absolute atomic E-state index is 0.177. The van der Waals surface area contributed by atoms with Gasteiger partial charge in [0.2, 0.25) is 0 Å². The fourth-order valence-corrected chi connectivity index (χ4v) is 4.26. The summed E-state index contributed by atoms with van der Waals surface area (Å²) in [7, 11) is 0. The summed E-state index contributed by atoms with van der Waals surface area (Å²) in [6.45, 7) is 3.50. The third-order valence-corrected chi connectivity index (χ3v) is 6.21. The second-order valence-corrected chi connectivity index (χ2v) is 8.41. The minimum Gasteiger partial charge on any atom is -0.376 e. The van der Waals surface area contributed by atoms with Crippen LogP contribution in [0.25, 0.3) is 11.8 Å². The van der Waals surface area contributed by atoms with E-state index in [1.54, 1.807) is 49.0 Å². The number of hydrogen-bond donors (Lipinski definition) is 1. The second-order valence-electron chi connectivity index (χ2n) is 8.41. The lowest BCUT2D eigenvalue weighted by atomic mass is 9.66. The molecule has 2 atom stereocenters. The van der Waals surface area contributed by atoms with Gasteiger partial charge in [0.25, 0.3) is 0 Å². The van der Waals surface area contributed by atoms with Crippen molar-refractivity contribution in [1.82, 2.24) is 9.78 Å². The van der Waals surface area contributed by atoms with Crippen molar-refractivity contribution in [2.45, 2.75) is 38.5 Å². The highest BCUT2D eigenvalue weighted by molar-refractivity contribution is 5.60. The molecule has 0 spiro atoms. The van der Waals surface area contributed by atoms with Gasteiger partial charge in [-0.3, -0.25) is 0 Å². The van der Waals surface area contributed by atoms with E-state index >= 15 is 0 Å². The highest BCUT2D eigenvalue weighted by atomic mass is 19.4. The van der Waals surface area contributed by atoms with Crippen LogP contribution >= 0.6 is 0 Å². The Morgan fingerprint density at radius 2 is 1.71 bits per heavy atom. The molecule has 0 radical (unpaired) electrons. The zero-order valence-corrected chi connectivity index (χ0v) is 17.1. The largest absolute Gasteiger partial charge is 0.421 e. The van der Waals surface area contributed by atoms with Gasteiger partial charge in [0.15, 0.2) is 5.60 Å². The van der Waals surface area contributed by atoms with Gasteiger partial charge in [-0.1, -0.05) is 42.8 Å². The third kappa shape index (κ3) is 3.67. The van der Waals surface area contributed by atoms with Crippen LogP contribution in [0.4, 0.5) is 17.6 Å². The Bertz CT molecular complexity index is 1120. The molecular formula is C24H22F4N2O. The topological polar surface area (TPSA) is 38.0 Å². The van der Waals surface area contributed by atoms with Crippen molar-refractivity contribution in [1.29, 1.82) is 0 Å². The quantitative estimate of drug-likeness (QED) is 0.530. The Balaban J connectivity index is 1.72. The van der Waals surface area contributed by atoms with Crippen molar-refractivity contribution in [3.63, 3.8) is 0 Å². The standard InChI is InChI=1S/C24H22F4N2O/c1-16-12-21-17(14-29-30(21)20-10-8-19(25)9-11-20)13-22(16,2)15-23(31,24(26,27)28)18-6-4-3-5-7-18/h3-12,14,31H,13,15H2,1-2H3/t22-,23?/m0/s1. The van der Waals surface area contributed by atoms with Crippen LogP contribution < -0.4 is 0 Å². The molecule has 31 heavy (non-hydrogen) atoms. The van der Waals surface area contributed by atoms with Gasteiger partial charge in [0.05, 0.1) is 17.6 Å². The molecule has 1 unspecified atom stereocenters. The van der Waals surface area contributed by atoms with Crippen LogP contribution in [0.3, 0.4) is 0 Å². The molecule has 7 heteroatoms. The summed E-state index contributed by atoms with van der Waals surface area (Å²) >= 11 is 0. The van der Waals surface area contributed by atoms with Crippen LogP contribution in [0.15, 0.2) is 66.4 Å². The van der Waals surface area contributed by atoms with Crippen molar-refractivity contribution in [2.24, 2.45) is 5.41 Å². The molecule has 0 bridgehead atoms. The first-order valence-electron chi connectivity index (χ1n) is 9.90. The smallest absolute Gasteiger partial charge is 0.376 e. The Morgan fingerprint density at radius 3 is 2.32 bits per heavy atom. The van der Waals surface area contributed by atoms with Crippen LogP contribution in [0.2, 0.25) is 0 Å². The van der Waals surface area contributed by atoms with Gasteiger partial charge in [-0.15, -0.1) is 0 Å². The Morgan fingerprint density at radius 1 is 1.06 bits per heavy atom. The van der Waals surface area contributed by atoms with E-state index in [9.17, 15) is 22.7 Å². The first-order chi connectivity index (χ1) is 14.5. The zero-order valence-electron chi connectivity index (χ0n) is 17.1. The van der Waals surface area contributed by atoms with Crippen LogP contribution in [0.1, 0.15) is 37.1 Å². The molecule has 0 aliphatic heterocycles. The summed E-state index contributed by atoms with van der Waals surface area (Å²) in [5.41, 5.74) is -1.21. The number of allylic oxidation sites excluding steroid dienone is 1. The fraction of sp³-hybridized carbons (Fsp3) is 0.292. The van der Waals surface area contributed by atoms with Crippen LogP contribution in [0.5, 0.6) is 0 Å². The van der Waals surface area contributed by atoms with Crippen molar-refractivity contribution in [3.05, 3.63) is 89.0 Å². The maximum Gasteiger partial charge on any atom is 0.421 e. The molecule has 1 aromatic heterocycles.